The van der Waals surface area contributed by atoms with E-state index in [-0.39, 0.29) is 23.7 Å². The van der Waals surface area contributed by atoms with Gasteiger partial charge in [0, 0.05) is 24.4 Å². The van der Waals surface area contributed by atoms with Crippen molar-refractivity contribution in [3.05, 3.63) is 53.3 Å². The molecule has 0 aliphatic carbocycles. The predicted molar refractivity (Wildman–Crippen MR) is 63.4 cm³/mol. The molecule has 0 aliphatic heterocycles. The molecule has 0 bridgehead atoms. The smallest absolute Gasteiger partial charge is 0.194 e. The number of rotatable bonds is 3. The molecule has 0 saturated carbocycles. The summed E-state index contributed by atoms with van der Waals surface area (Å²) in [5.74, 6) is -4.64. The molecule has 0 fully saturated rings. The van der Waals surface area contributed by atoms with Gasteiger partial charge in [-0.05, 0) is 17.7 Å². The van der Waals surface area contributed by atoms with Gasteiger partial charge in [-0.25, -0.2) is 13.2 Å². The molecular formula is C13H10F3NO2. The summed E-state index contributed by atoms with van der Waals surface area (Å²) in [6.45, 7) is 0.151. The second-order valence-corrected chi connectivity index (χ2v) is 3.93. The summed E-state index contributed by atoms with van der Waals surface area (Å²) in [6, 6.07) is 5.78. The molecule has 0 radical (unpaired) electrons. The molecule has 6 heteroatoms. The van der Waals surface area contributed by atoms with Gasteiger partial charge in [0.15, 0.2) is 29.0 Å². The number of hydrogen-bond donors (Lipinski definition) is 3. The maximum Gasteiger partial charge on any atom is 0.194 e. The Kier molecular flexibility index (Phi) is 3.50. The van der Waals surface area contributed by atoms with Gasteiger partial charge < -0.3 is 15.5 Å². The molecular weight excluding hydrogens is 259 g/mol. The highest BCUT2D eigenvalue weighted by Crippen LogP contribution is 2.25. The first-order chi connectivity index (χ1) is 8.97. The first-order valence-corrected chi connectivity index (χ1v) is 5.36. The van der Waals surface area contributed by atoms with Crippen LogP contribution in [0.15, 0.2) is 30.3 Å². The van der Waals surface area contributed by atoms with Crippen LogP contribution in [0.4, 0.5) is 18.9 Å². The van der Waals surface area contributed by atoms with Gasteiger partial charge in [-0.15, -0.1) is 0 Å². The molecule has 2 aromatic rings. The highest BCUT2D eigenvalue weighted by molar-refractivity contribution is 5.46. The summed E-state index contributed by atoms with van der Waals surface area (Å²) in [5.41, 5.74) is 0.657. The van der Waals surface area contributed by atoms with Crippen molar-refractivity contribution in [3.63, 3.8) is 0 Å². The van der Waals surface area contributed by atoms with Gasteiger partial charge in [0.05, 0.1) is 0 Å². The van der Waals surface area contributed by atoms with E-state index in [2.05, 4.69) is 5.32 Å². The lowest BCUT2D eigenvalue weighted by molar-refractivity contribution is 0.403. The quantitative estimate of drug-likeness (QED) is 0.592. The lowest BCUT2D eigenvalue weighted by atomic mass is 10.2. The highest BCUT2D eigenvalue weighted by Gasteiger charge is 2.10. The second kappa shape index (κ2) is 5.09. The molecule has 2 aromatic carbocycles. The zero-order valence-corrected chi connectivity index (χ0v) is 9.62. The average molecular weight is 269 g/mol. The Morgan fingerprint density at radius 2 is 1.53 bits per heavy atom. The number of hydrogen-bond acceptors (Lipinski definition) is 3. The van der Waals surface area contributed by atoms with Crippen LogP contribution in [0, 0.1) is 17.5 Å². The normalized spacial score (nSPS) is 10.5. The van der Waals surface area contributed by atoms with Gasteiger partial charge in [0.1, 0.15) is 0 Å². The monoisotopic (exact) mass is 269 g/mol. The number of halogens is 3. The van der Waals surface area contributed by atoms with Crippen LogP contribution < -0.4 is 5.32 Å². The Morgan fingerprint density at radius 3 is 2.11 bits per heavy atom. The van der Waals surface area contributed by atoms with Crippen molar-refractivity contribution in [1.29, 1.82) is 0 Å². The largest absolute Gasteiger partial charge is 0.504 e. The van der Waals surface area contributed by atoms with E-state index in [0.29, 0.717) is 5.56 Å². The van der Waals surface area contributed by atoms with Crippen molar-refractivity contribution in [3.8, 4) is 11.5 Å². The second-order valence-electron chi connectivity index (χ2n) is 3.93. The van der Waals surface area contributed by atoms with Crippen LogP contribution >= 0.6 is 0 Å². The maximum atomic E-state index is 13.0. The van der Waals surface area contributed by atoms with Crippen LogP contribution in [0.5, 0.6) is 11.5 Å². The van der Waals surface area contributed by atoms with E-state index in [1.165, 1.54) is 18.2 Å². The Labute approximate surface area is 106 Å². The fraction of sp³-hybridized carbons (Fsp3) is 0.0769. The van der Waals surface area contributed by atoms with Gasteiger partial charge in [-0.1, -0.05) is 6.07 Å². The van der Waals surface area contributed by atoms with Crippen LogP contribution in [0.25, 0.3) is 0 Å². The Hall–Kier alpha value is -2.37. The van der Waals surface area contributed by atoms with Gasteiger partial charge >= 0.3 is 0 Å². The number of phenols is 2. The molecule has 0 aromatic heterocycles. The molecule has 0 amide bonds. The van der Waals surface area contributed by atoms with Crippen LogP contribution in [0.2, 0.25) is 0 Å². The fourth-order valence-corrected chi connectivity index (χ4v) is 1.54. The van der Waals surface area contributed by atoms with Gasteiger partial charge in [0.25, 0.3) is 0 Å². The summed E-state index contributed by atoms with van der Waals surface area (Å²) in [5, 5.41) is 21.1. The number of nitrogens with one attached hydrogen (secondary N) is 1. The molecule has 0 unspecified atom stereocenters. The van der Waals surface area contributed by atoms with Crippen molar-refractivity contribution in [2.24, 2.45) is 0 Å². The van der Waals surface area contributed by atoms with Crippen molar-refractivity contribution in [2.45, 2.75) is 6.54 Å². The van der Waals surface area contributed by atoms with Gasteiger partial charge in [-0.2, -0.15) is 0 Å². The summed E-state index contributed by atoms with van der Waals surface area (Å²) in [7, 11) is 0. The number of phenolic OH excluding ortho intramolecular Hbond substituents is 2. The molecule has 0 aliphatic rings. The fourth-order valence-electron chi connectivity index (χ4n) is 1.54. The minimum atomic E-state index is -1.52. The third-order valence-electron chi connectivity index (χ3n) is 2.52. The van der Waals surface area contributed by atoms with E-state index >= 15 is 0 Å². The van der Waals surface area contributed by atoms with E-state index in [1.54, 1.807) is 0 Å². The minimum absolute atomic E-state index is 0.0731. The van der Waals surface area contributed by atoms with Crippen molar-refractivity contribution in [2.75, 3.05) is 5.32 Å². The zero-order valence-electron chi connectivity index (χ0n) is 9.62. The Bertz CT molecular complexity index is 594. The molecule has 3 nitrogen and oxygen atoms in total. The summed E-state index contributed by atoms with van der Waals surface area (Å²) in [4.78, 5) is 0. The molecule has 3 N–H and O–H groups in total. The van der Waals surface area contributed by atoms with E-state index in [9.17, 15) is 18.3 Å². The van der Waals surface area contributed by atoms with Crippen molar-refractivity contribution < 1.29 is 23.4 Å². The Balaban J connectivity index is 2.12. The van der Waals surface area contributed by atoms with E-state index < -0.39 is 17.5 Å². The molecule has 19 heavy (non-hydrogen) atoms. The minimum Gasteiger partial charge on any atom is -0.504 e. The predicted octanol–water partition coefficient (Wildman–Crippen LogP) is 3.13. The van der Waals surface area contributed by atoms with Gasteiger partial charge in [0.2, 0.25) is 0 Å². The van der Waals surface area contributed by atoms with Crippen LogP contribution in [-0.2, 0) is 6.54 Å². The van der Waals surface area contributed by atoms with Crippen LogP contribution in [0.1, 0.15) is 5.56 Å². The summed E-state index contributed by atoms with van der Waals surface area (Å²) < 4.78 is 38.6. The van der Waals surface area contributed by atoms with Crippen molar-refractivity contribution >= 4 is 5.69 Å². The molecule has 0 spiro atoms. The molecule has 100 valence electrons. The number of benzene rings is 2. The van der Waals surface area contributed by atoms with E-state index in [1.807, 2.05) is 0 Å². The van der Waals surface area contributed by atoms with Gasteiger partial charge in [-0.3, -0.25) is 0 Å². The number of anilines is 1. The van der Waals surface area contributed by atoms with E-state index in [4.69, 9.17) is 5.11 Å². The molecule has 2 rings (SSSR count). The first-order valence-electron chi connectivity index (χ1n) is 5.36. The lowest BCUT2D eigenvalue weighted by Crippen LogP contribution is -2.01. The van der Waals surface area contributed by atoms with Crippen molar-refractivity contribution in [1.82, 2.24) is 0 Å². The van der Waals surface area contributed by atoms with Crippen LogP contribution in [0.3, 0.4) is 0 Å². The summed E-state index contributed by atoms with van der Waals surface area (Å²) >= 11 is 0. The SMILES string of the molecule is Oc1ccc(CNc2cc(F)c(F)c(F)c2)cc1O. The first kappa shape index (κ1) is 13.1. The average Bonchev–Trinajstić information content (AvgIpc) is 2.37. The third kappa shape index (κ3) is 2.90. The lowest BCUT2D eigenvalue weighted by Gasteiger charge is -2.08. The third-order valence-corrected chi connectivity index (χ3v) is 2.52. The topological polar surface area (TPSA) is 52.5 Å². The molecule has 0 heterocycles. The number of aromatic hydroxyl groups is 2. The molecule has 0 saturated heterocycles. The molecule has 0 atom stereocenters. The standard InChI is InChI=1S/C13H10F3NO2/c14-9-4-8(5-10(15)13(9)16)17-6-7-1-2-11(18)12(19)3-7/h1-5,17-19H,6H2. The van der Waals surface area contributed by atoms with Crippen LogP contribution in [-0.4, -0.2) is 10.2 Å². The highest BCUT2D eigenvalue weighted by atomic mass is 19.2. The summed E-state index contributed by atoms with van der Waals surface area (Å²) in [6.07, 6.45) is 0. The van der Waals surface area contributed by atoms with E-state index in [0.717, 1.165) is 12.1 Å². The Morgan fingerprint density at radius 1 is 0.895 bits per heavy atom. The zero-order chi connectivity index (χ0) is 14.0. The maximum absolute atomic E-state index is 13.0.